The van der Waals surface area contributed by atoms with Gasteiger partial charge in [0, 0.05) is 24.7 Å². The van der Waals surface area contributed by atoms with Crippen molar-refractivity contribution in [2.75, 3.05) is 20.2 Å². The highest BCUT2D eigenvalue weighted by molar-refractivity contribution is 9.10. The normalized spacial score (nSPS) is 20.6. The molecule has 0 saturated carbocycles. The fourth-order valence-corrected chi connectivity index (χ4v) is 3.07. The van der Waals surface area contributed by atoms with Gasteiger partial charge in [-0.1, -0.05) is 13.8 Å². The van der Waals surface area contributed by atoms with Crippen molar-refractivity contribution >= 4 is 34.2 Å². The second-order valence-electron chi connectivity index (χ2n) is 5.96. The summed E-state index contributed by atoms with van der Waals surface area (Å²) in [6, 6.07) is 5.56. The number of amides is 1. The molecule has 1 aliphatic heterocycles. The minimum absolute atomic E-state index is 0. The number of nitrogens with two attached hydrogens (primary N) is 1. The van der Waals surface area contributed by atoms with E-state index in [0.29, 0.717) is 18.7 Å². The molecule has 1 saturated heterocycles. The number of benzene rings is 1. The highest BCUT2D eigenvalue weighted by Gasteiger charge is 2.35. The van der Waals surface area contributed by atoms with Crippen molar-refractivity contribution in [2.45, 2.75) is 26.3 Å². The molecule has 0 spiro atoms. The average molecular weight is 378 g/mol. The van der Waals surface area contributed by atoms with Crippen LogP contribution in [0.5, 0.6) is 5.75 Å². The molecule has 1 aromatic carbocycles. The number of likely N-dealkylation sites (tertiary alicyclic amines) is 1. The molecule has 0 aliphatic carbocycles. The topological polar surface area (TPSA) is 55.6 Å². The maximum absolute atomic E-state index is 12.6. The number of rotatable bonds is 2. The van der Waals surface area contributed by atoms with E-state index in [1.807, 2.05) is 11.0 Å². The van der Waals surface area contributed by atoms with Crippen molar-refractivity contribution < 1.29 is 9.53 Å². The molecule has 1 heterocycles. The number of ether oxygens (including phenoxy) is 1. The summed E-state index contributed by atoms with van der Waals surface area (Å²) >= 11 is 3.42. The molecule has 1 aromatic rings. The first-order chi connectivity index (χ1) is 9.35. The van der Waals surface area contributed by atoms with Gasteiger partial charge in [0.05, 0.1) is 11.6 Å². The van der Waals surface area contributed by atoms with E-state index in [1.165, 1.54) is 0 Å². The van der Waals surface area contributed by atoms with Gasteiger partial charge in [-0.2, -0.15) is 0 Å². The first kappa shape index (κ1) is 18.3. The van der Waals surface area contributed by atoms with Crippen LogP contribution in [-0.4, -0.2) is 37.0 Å². The van der Waals surface area contributed by atoms with E-state index in [4.69, 9.17) is 10.5 Å². The van der Waals surface area contributed by atoms with Crippen LogP contribution in [0.15, 0.2) is 22.7 Å². The third-order valence-electron chi connectivity index (χ3n) is 4.00. The SMILES string of the molecule is COc1ccc(C(=O)N2CCC(N)C(C)(C)C2)cc1Br.Cl. The van der Waals surface area contributed by atoms with Gasteiger partial charge in [0.1, 0.15) is 5.75 Å². The number of piperidine rings is 1. The fourth-order valence-electron chi connectivity index (χ4n) is 2.53. The predicted molar refractivity (Wildman–Crippen MR) is 90.2 cm³/mol. The molecule has 21 heavy (non-hydrogen) atoms. The lowest BCUT2D eigenvalue weighted by Gasteiger charge is -2.42. The minimum Gasteiger partial charge on any atom is -0.496 e. The van der Waals surface area contributed by atoms with Crippen molar-refractivity contribution in [3.05, 3.63) is 28.2 Å². The number of carbonyl (C=O) groups is 1. The summed E-state index contributed by atoms with van der Waals surface area (Å²) in [7, 11) is 1.61. The fraction of sp³-hybridized carbons (Fsp3) is 0.533. The first-order valence-corrected chi connectivity index (χ1v) is 7.53. The van der Waals surface area contributed by atoms with Gasteiger partial charge < -0.3 is 15.4 Å². The van der Waals surface area contributed by atoms with Crippen LogP contribution in [0.2, 0.25) is 0 Å². The Hall–Kier alpha value is -0.780. The standard InChI is InChI=1S/C15H21BrN2O2.ClH/c1-15(2)9-18(7-6-13(15)17)14(19)10-4-5-12(20-3)11(16)8-10;/h4-5,8,13H,6-7,9,17H2,1-3H3;1H. The van der Waals surface area contributed by atoms with Crippen LogP contribution in [0.4, 0.5) is 0 Å². The average Bonchev–Trinajstić information content (AvgIpc) is 2.41. The molecule has 1 aliphatic rings. The Morgan fingerprint density at radius 1 is 1.48 bits per heavy atom. The monoisotopic (exact) mass is 376 g/mol. The van der Waals surface area contributed by atoms with Gasteiger partial charge in [-0.05, 0) is 46.0 Å². The quantitative estimate of drug-likeness (QED) is 0.861. The number of halogens is 2. The Bertz CT molecular complexity index is 522. The zero-order chi connectivity index (χ0) is 14.9. The lowest BCUT2D eigenvalue weighted by Crippen LogP contribution is -2.54. The van der Waals surface area contributed by atoms with Crippen molar-refractivity contribution in [3.63, 3.8) is 0 Å². The molecule has 1 atom stereocenters. The molecule has 0 bridgehead atoms. The molecule has 6 heteroatoms. The van der Waals surface area contributed by atoms with Crippen LogP contribution in [0.3, 0.4) is 0 Å². The van der Waals surface area contributed by atoms with E-state index >= 15 is 0 Å². The summed E-state index contributed by atoms with van der Waals surface area (Å²) in [5, 5.41) is 0. The Balaban J connectivity index is 0.00000220. The largest absolute Gasteiger partial charge is 0.496 e. The summed E-state index contributed by atoms with van der Waals surface area (Å²) in [6.07, 6.45) is 0.843. The van der Waals surface area contributed by atoms with E-state index < -0.39 is 0 Å². The van der Waals surface area contributed by atoms with Crippen LogP contribution in [0.25, 0.3) is 0 Å². The highest BCUT2D eigenvalue weighted by atomic mass is 79.9. The van der Waals surface area contributed by atoms with Gasteiger partial charge in [0.25, 0.3) is 5.91 Å². The number of carbonyl (C=O) groups excluding carboxylic acids is 1. The number of methoxy groups -OCH3 is 1. The van der Waals surface area contributed by atoms with Crippen LogP contribution in [0.1, 0.15) is 30.6 Å². The summed E-state index contributed by atoms with van der Waals surface area (Å²) < 4.78 is 5.97. The second-order valence-corrected chi connectivity index (χ2v) is 6.81. The van der Waals surface area contributed by atoms with Crippen molar-refractivity contribution in [1.82, 2.24) is 4.90 Å². The molecule has 1 amide bonds. The lowest BCUT2D eigenvalue weighted by atomic mass is 9.79. The highest BCUT2D eigenvalue weighted by Crippen LogP contribution is 2.30. The molecular formula is C15H22BrClN2O2. The van der Waals surface area contributed by atoms with Crippen LogP contribution >= 0.6 is 28.3 Å². The predicted octanol–water partition coefficient (Wildman–Crippen LogP) is 3.08. The summed E-state index contributed by atoms with van der Waals surface area (Å²) in [6.45, 7) is 5.63. The van der Waals surface area contributed by atoms with Crippen molar-refractivity contribution in [3.8, 4) is 5.75 Å². The van der Waals surface area contributed by atoms with Crippen LogP contribution < -0.4 is 10.5 Å². The lowest BCUT2D eigenvalue weighted by molar-refractivity contribution is 0.0533. The smallest absolute Gasteiger partial charge is 0.253 e. The van der Waals surface area contributed by atoms with Crippen LogP contribution in [-0.2, 0) is 0 Å². The Morgan fingerprint density at radius 3 is 2.67 bits per heavy atom. The first-order valence-electron chi connectivity index (χ1n) is 6.73. The summed E-state index contributed by atoms with van der Waals surface area (Å²) in [5.41, 5.74) is 6.74. The Kier molecular flexibility index (Phi) is 6.08. The van der Waals surface area contributed by atoms with E-state index in [9.17, 15) is 4.79 Å². The zero-order valence-corrected chi connectivity index (χ0v) is 15.0. The number of hydrogen-bond donors (Lipinski definition) is 1. The van der Waals surface area contributed by atoms with Crippen LogP contribution in [0, 0.1) is 5.41 Å². The summed E-state index contributed by atoms with van der Waals surface area (Å²) in [4.78, 5) is 14.5. The van der Waals surface area contributed by atoms with Gasteiger partial charge in [-0.25, -0.2) is 0 Å². The van der Waals surface area contributed by atoms with Gasteiger partial charge in [0.15, 0.2) is 0 Å². The molecule has 2 N–H and O–H groups in total. The number of hydrogen-bond acceptors (Lipinski definition) is 3. The molecule has 1 unspecified atom stereocenters. The van der Waals surface area contributed by atoms with Gasteiger partial charge in [-0.3, -0.25) is 4.79 Å². The minimum atomic E-state index is -0.0440. The van der Waals surface area contributed by atoms with E-state index in [1.54, 1.807) is 19.2 Å². The molecule has 0 radical (unpaired) electrons. The maximum atomic E-state index is 12.6. The molecular weight excluding hydrogens is 356 g/mol. The molecule has 118 valence electrons. The maximum Gasteiger partial charge on any atom is 0.253 e. The van der Waals surface area contributed by atoms with Crippen molar-refractivity contribution in [2.24, 2.45) is 11.1 Å². The third-order valence-corrected chi connectivity index (χ3v) is 4.62. The Labute approximate surface area is 140 Å². The summed E-state index contributed by atoms with van der Waals surface area (Å²) in [5.74, 6) is 0.774. The van der Waals surface area contributed by atoms with E-state index in [0.717, 1.165) is 16.6 Å². The molecule has 4 nitrogen and oxygen atoms in total. The second kappa shape index (κ2) is 6.99. The van der Waals surface area contributed by atoms with Gasteiger partial charge in [-0.15, -0.1) is 12.4 Å². The van der Waals surface area contributed by atoms with Gasteiger partial charge >= 0.3 is 0 Å². The van der Waals surface area contributed by atoms with E-state index in [2.05, 4.69) is 29.8 Å². The third kappa shape index (κ3) is 3.90. The van der Waals surface area contributed by atoms with Gasteiger partial charge in [0.2, 0.25) is 0 Å². The molecule has 0 aromatic heterocycles. The molecule has 2 rings (SSSR count). The Morgan fingerprint density at radius 2 is 2.14 bits per heavy atom. The number of nitrogens with zero attached hydrogens (tertiary/aromatic N) is 1. The van der Waals surface area contributed by atoms with Crippen molar-refractivity contribution in [1.29, 1.82) is 0 Å². The van der Waals surface area contributed by atoms with E-state index in [-0.39, 0.29) is 29.8 Å². The molecule has 1 fully saturated rings. The zero-order valence-electron chi connectivity index (χ0n) is 12.6.